The van der Waals surface area contributed by atoms with E-state index in [-0.39, 0.29) is 48.6 Å². The van der Waals surface area contributed by atoms with Gasteiger partial charge in [0.25, 0.3) is 0 Å². The topological polar surface area (TPSA) is 66.4 Å². The van der Waals surface area contributed by atoms with Gasteiger partial charge in [0.1, 0.15) is 0 Å². The molecule has 0 spiro atoms. The van der Waals surface area contributed by atoms with E-state index < -0.39 is 6.29 Å². The maximum atomic E-state index is 10.2. The van der Waals surface area contributed by atoms with Crippen molar-refractivity contribution in [3.63, 3.8) is 0 Å². The van der Waals surface area contributed by atoms with E-state index in [9.17, 15) is 5.11 Å². The lowest BCUT2D eigenvalue weighted by Crippen LogP contribution is -2.33. The second-order valence-corrected chi connectivity index (χ2v) is 11.0. The summed E-state index contributed by atoms with van der Waals surface area (Å²) < 4.78 is 31.6. The Morgan fingerprint density at radius 2 is 1.82 bits per heavy atom. The van der Waals surface area contributed by atoms with Gasteiger partial charge < -0.3 is 28.8 Å². The van der Waals surface area contributed by atoms with Gasteiger partial charge in [0, 0.05) is 49.3 Å². The minimum Gasteiger partial charge on any atom is -0.368 e. The van der Waals surface area contributed by atoms with Crippen molar-refractivity contribution >= 4 is 15.9 Å². The molecule has 1 aliphatic carbocycles. The average Bonchev–Trinajstić information content (AvgIpc) is 3.35. The Morgan fingerprint density at radius 3 is 2.50 bits per heavy atom. The lowest BCUT2D eigenvalue weighted by Gasteiger charge is -2.32. The van der Waals surface area contributed by atoms with E-state index >= 15 is 0 Å². The van der Waals surface area contributed by atoms with Crippen LogP contribution in [0.25, 0.3) is 0 Å². The van der Waals surface area contributed by atoms with E-state index in [1.165, 1.54) is 0 Å². The third kappa shape index (κ3) is 7.06. The summed E-state index contributed by atoms with van der Waals surface area (Å²) in [5, 5.41) is 10.2. The van der Waals surface area contributed by atoms with Gasteiger partial charge in [0.05, 0.1) is 18.3 Å². The third-order valence-electron chi connectivity index (χ3n) is 7.44. The van der Waals surface area contributed by atoms with Crippen molar-refractivity contribution in [1.82, 2.24) is 0 Å². The van der Waals surface area contributed by atoms with Gasteiger partial charge >= 0.3 is 0 Å². The second kappa shape index (κ2) is 13.2. The molecule has 0 amide bonds. The van der Waals surface area contributed by atoms with Crippen molar-refractivity contribution in [1.29, 1.82) is 0 Å². The molecule has 34 heavy (non-hydrogen) atoms. The predicted molar refractivity (Wildman–Crippen MR) is 133 cm³/mol. The highest BCUT2D eigenvalue weighted by Gasteiger charge is 2.50. The van der Waals surface area contributed by atoms with Gasteiger partial charge in [-0.3, -0.25) is 0 Å². The summed E-state index contributed by atoms with van der Waals surface area (Å²) in [7, 11) is 0. The molecule has 0 aromatic carbocycles. The van der Waals surface area contributed by atoms with Crippen molar-refractivity contribution < 1.29 is 28.8 Å². The minimum absolute atomic E-state index is 0.0000743. The van der Waals surface area contributed by atoms with Gasteiger partial charge in [-0.15, -0.1) is 11.8 Å². The van der Waals surface area contributed by atoms with Crippen molar-refractivity contribution in [2.24, 2.45) is 17.8 Å². The molecule has 7 heteroatoms. The highest BCUT2D eigenvalue weighted by molar-refractivity contribution is 9.11. The Hall–Kier alpha value is -0.460. The second-order valence-electron chi connectivity index (χ2n) is 10.1. The molecular formula is C27H41BrO6. The number of ether oxygens (including phenoxy) is 5. The van der Waals surface area contributed by atoms with Gasteiger partial charge in [0.2, 0.25) is 0 Å². The van der Waals surface area contributed by atoms with Crippen LogP contribution in [-0.2, 0) is 23.7 Å². The first-order chi connectivity index (χ1) is 16.5. The van der Waals surface area contributed by atoms with E-state index in [0.717, 1.165) is 75.5 Å². The number of hydrogen-bond donors (Lipinski definition) is 1. The van der Waals surface area contributed by atoms with Crippen molar-refractivity contribution in [3.8, 4) is 11.8 Å². The van der Waals surface area contributed by atoms with Gasteiger partial charge in [0.15, 0.2) is 18.9 Å². The zero-order valence-electron chi connectivity index (χ0n) is 20.6. The summed E-state index contributed by atoms with van der Waals surface area (Å²) in [4.78, 5) is 0. The van der Waals surface area contributed by atoms with Gasteiger partial charge in [-0.2, -0.15) is 0 Å². The van der Waals surface area contributed by atoms with Crippen molar-refractivity contribution in [3.05, 3.63) is 10.6 Å². The first kappa shape index (κ1) is 26.6. The van der Waals surface area contributed by atoms with Crippen molar-refractivity contribution in [2.45, 2.75) is 115 Å². The van der Waals surface area contributed by atoms with Crippen LogP contribution in [-0.4, -0.2) is 55.5 Å². The Kier molecular flexibility index (Phi) is 10.3. The third-order valence-corrected chi connectivity index (χ3v) is 8.15. The fourth-order valence-electron chi connectivity index (χ4n) is 5.63. The first-order valence-corrected chi connectivity index (χ1v) is 14.0. The molecule has 192 valence electrons. The molecule has 3 unspecified atom stereocenters. The van der Waals surface area contributed by atoms with E-state index in [4.69, 9.17) is 23.7 Å². The smallest absolute Gasteiger partial charge is 0.158 e. The normalized spacial score (nSPS) is 38.1. The molecule has 3 heterocycles. The molecule has 0 aromatic rings. The van der Waals surface area contributed by atoms with Crippen LogP contribution >= 0.6 is 15.9 Å². The highest BCUT2D eigenvalue weighted by atomic mass is 79.9. The average molecular weight is 542 g/mol. The van der Waals surface area contributed by atoms with E-state index in [0.29, 0.717) is 6.42 Å². The Balaban J connectivity index is 1.51. The number of aliphatic hydroxyl groups is 1. The fraction of sp³-hybridized carbons (Fsp3) is 0.852. The molecule has 4 aliphatic rings. The molecule has 3 aliphatic heterocycles. The molecule has 0 radical (unpaired) electrons. The van der Waals surface area contributed by atoms with Crippen LogP contribution in [0.5, 0.6) is 0 Å². The summed E-state index contributed by atoms with van der Waals surface area (Å²) in [6.45, 7) is 5.78. The summed E-state index contributed by atoms with van der Waals surface area (Å²) >= 11 is 3.90. The standard InChI is InChI=1S/C27H41BrO6/c1-3-4-5-10-18(2)27(34-26-12-7-9-14-31-26)21(28)15-19-20-16-24(29)32-22(20)17-23(19)33-25-11-6-8-13-30-25/h15,18-20,22-27,29H,3,6-14,16-17H2,1-2H3/t18-,19-,20+,22-,23+,24?,25?,26?,27-/m0/s1. The fourth-order valence-corrected chi connectivity index (χ4v) is 6.49. The summed E-state index contributed by atoms with van der Waals surface area (Å²) in [6.07, 6.45) is 10.4. The molecule has 4 fully saturated rings. The monoisotopic (exact) mass is 540 g/mol. The van der Waals surface area contributed by atoms with E-state index in [2.05, 4.69) is 47.7 Å². The number of hydrogen-bond acceptors (Lipinski definition) is 6. The Labute approximate surface area is 213 Å². The van der Waals surface area contributed by atoms with Gasteiger partial charge in [-0.1, -0.05) is 35.9 Å². The molecule has 4 rings (SSSR count). The molecule has 1 saturated carbocycles. The van der Waals surface area contributed by atoms with Crippen LogP contribution < -0.4 is 0 Å². The summed E-state index contributed by atoms with van der Waals surface area (Å²) in [5.41, 5.74) is 0. The Morgan fingerprint density at radius 1 is 1.09 bits per heavy atom. The molecule has 3 saturated heterocycles. The predicted octanol–water partition coefficient (Wildman–Crippen LogP) is 5.27. The van der Waals surface area contributed by atoms with Crippen molar-refractivity contribution in [2.75, 3.05) is 13.2 Å². The van der Waals surface area contributed by atoms with Crippen LogP contribution in [0.15, 0.2) is 10.6 Å². The van der Waals surface area contributed by atoms with Crippen LogP contribution in [0.3, 0.4) is 0 Å². The van der Waals surface area contributed by atoms with Crippen LogP contribution in [0.1, 0.15) is 78.1 Å². The largest absolute Gasteiger partial charge is 0.368 e. The maximum absolute atomic E-state index is 10.2. The van der Waals surface area contributed by atoms with Crippen LogP contribution in [0.2, 0.25) is 0 Å². The number of halogens is 1. The SMILES string of the molecule is CCC#CC[C@H](C)[C@H](OC1CCCCO1)C(Br)=C[C@H]1[C@H]2CC(O)O[C@H]2C[C@H]1OC1CCCCO1. The summed E-state index contributed by atoms with van der Waals surface area (Å²) in [5.74, 6) is 7.03. The first-order valence-electron chi connectivity index (χ1n) is 13.3. The minimum atomic E-state index is -0.692. The molecule has 0 aromatic heterocycles. The number of aliphatic hydroxyl groups excluding tert-OH is 1. The molecule has 0 bridgehead atoms. The van der Waals surface area contributed by atoms with Crippen LogP contribution in [0.4, 0.5) is 0 Å². The number of fused-ring (bicyclic) bond motifs is 1. The lowest BCUT2D eigenvalue weighted by atomic mass is 9.90. The molecule has 1 N–H and O–H groups in total. The maximum Gasteiger partial charge on any atom is 0.158 e. The zero-order chi connectivity index (χ0) is 23.9. The quantitative estimate of drug-likeness (QED) is 0.423. The summed E-state index contributed by atoms with van der Waals surface area (Å²) in [6, 6.07) is 0. The van der Waals surface area contributed by atoms with Gasteiger partial charge in [-0.05, 0) is 50.4 Å². The van der Waals surface area contributed by atoms with E-state index in [1.54, 1.807) is 0 Å². The molecule has 6 nitrogen and oxygen atoms in total. The Bertz CT molecular complexity index is 720. The lowest BCUT2D eigenvalue weighted by molar-refractivity contribution is -0.196. The molecular weight excluding hydrogens is 500 g/mol. The molecule has 9 atom stereocenters. The van der Waals surface area contributed by atoms with Crippen LogP contribution in [0, 0.1) is 29.6 Å². The van der Waals surface area contributed by atoms with Gasteiger partial charge in [-0.25, -0.2) is 0 Å². The van der Waals surface area contributed by atoms with E-state index in [1.807, 2.05) is 0 Å². The highest BCUT2D eigenvalue weighted by Crippen LogP contribution is 2.46. The number of rotatable bonds is 8. The zero-order valence-corrected chi connectivity index (χ0v) is 22.2.